The van der Waals surface area contributed by atoms with Crippen LogP contribution in [0.5, 0.6) is 5.75 Å². The molecule has 39 heavy (non-hydrogen) atoms. The third-order valence-corrected chi connectivity index (χ3v) is 8.33. The highest BCUT2D eigenvalue weighted by molar-refractivity contribution is 7.09. The molecule has 0 spiro atoms. The first-order valence-electron chi connectivity index (χ1n) is 13.4. The summed E-state index contributed by atoms with van der Waals surface area (Å²) in [5, 5.41) is 2.49. The van der Waals surface area contributed by atoms with Crippen LogP contribution < -0.4 is 4.74 Å². The summed E-state index contributed by atoms with van der Waals surface area (Å²) in [4.78, 5) is 47.4. The Morgan fingerprint density at radius 2 is 1.72 bits per heavy atom. The minimum atomic E-state index is -0.155. The van der Waals surface area contributed by atoms with Crippen molar-refractivity contribution < 1.29 is 19.1 Å². The van der Waals surface area contributed by atoms with Crippen molar-refractivity contribution in [3.05, 3.63) is 80.8 Å². The van der Waals surface area contributed by atoms with Crippen molar-refractivity contribution in [2.75, 3.05) is 32.7 Å². The molecular formula is C30H34N4O4S. The van der Waals surface area contributed by atoms with E-state index in [1.165, 1.54) is 22.5 Å². The lowest BCUT2D eigenvalue weighted by atomic mass is 9.87. The van der Waals surface area contributed by atoms with Crippen molar-refractivity contribution in [3.63, 3.8) is 0 Å². The van der Waals surface area contributed by atoms with Crippen molar-refractivity contribution in [2.24, 2.45) is 0 Å². The van der Waals surface area contributed by atoms with Crippen molar-refractivity contribution >= 4 is 29.1 Å². The van der Waals surface area contributed by atoms with Crippen LogP contribution in [0, 0.1) is 6.92 Å². The van der Waals surface area contributed by atoms with E-state index in [0.29, 0.717) is 50.6 Å². The van der Waals surface area contributed by atoms with Crippen LogP contribution in [-0.4, -0.2) is 70.1 Å². The molecule has 0 radical (unpaired) electrons. The Balaban J connectivity index is 1.29. The number of hydrogen-bond donors (Lipinski definition) is 0. The number of piperazine rings is 1. The van der Waals surface area contributed by atoms with Gasteiger partial charge in [-0.3, -0.25) is 14.4 Å². The van der Waals surface area contributed by atoms with E-state index >= 15 is 0 Å². The normalized spacial score (nSPS) is 17.1. The summed E-state index contributed by atoms with van der Waals surface area (Å²) in [6.07, 6.45) is 1.27. The van der Waals surface area contributed by atoms with Gasteiger partial charge in [0.05, 0.1) is 6.04 Å². The second-order valence-electron chi connectivity index (χ2n) is 10.1. The van der Waals surface area contributed by atoms with E-state index in [1.807, 2.05) is 24.0 Å². The summed E-state index contributed by atoms with van der Waals surface area (Å²) in [5.74, 6) is 0.767. The number of amides is 3. The maximum absolute atomic E-state index is 12.9. The van der Waals surface area contributed by atoms with Gasteiger partial charge in [0.15, 0.2) is 0 Å². The molecule has 0 saturated carbocycles. The Labute approximate surface area is 233 Å². The monoisotopic (exact) mass is 546 g/mol. The summed E-state index contributed by atoms with van der Waals surface area (Å²) in [7, 11) is 0. The van der Waals surface area contributed by atoms with E-state index in [2.05, 4.69) is 42.2 Å². The van der Waals surface area contributed by atoms with Gasteiger partial charge in [0.1, 0.15) is 23.1 Å². The van der Waals surface area contributed by atoms with E-state index in [9.17, 15) is 14.4 Å². The molecule has 3 heterocycles. The zero-order chi connectivity index (χ0) is 27.5. The predicted molar refractivity (Wildman–Crippen MR) is 150 cm³/mol. The number of carbonyl (C=O) groups excluding carboxylic acids is 3. The molecule has 0 bridgehead atoms. The number of aryl methyl sites for hydroxylation is 1. The zero-order valence-electron chi connectivity index (χ0n) is 22.7. The molecule has 0 aliphatic carbocycles. The van der Waals surface area contributed by atoms with Crippen LogP contribution in [0.3, 0.4) is 0 Å². The Morgan fingerprint density at radius 1 is 1.00 bits per heavy atom. The summed E-state index contributed by atoms with van der Waals surface area (Å²) in [6.45, 7) is 8.58. The molecule has 1 atom stereocenters. The predicted octanol–water partition coefficient (Wildman–Crippen LogP) is 4.22. The van der Waals surface area contributed by atoms with E-state index in [1.54, 1.807) is 22.1 Å². The minimum Gasteiger partial charge on any atom is -0.486 e. The number of nitrogens with zero attached hydrogens (tertiary/aromatic N) is 4. The lowest BCUT2D eigenvalue weighted by Crippen LogP contribution is -2.50. The fourth-order valence-corrected chi connectivity index (χ4v) is 5.95. The van der Waals surface area contributed by atoms with Crippen molar-refractivity contribution in [2.45, 2.75) is 46.3 Å². The number of hydrogen-bond acceptors (Lipinski definition) is 6. The summed E-state index contributed by atoms with van der Waals surface area (Å²) in [5.41, 5.74) is 4.99. The van der Waals surface area contributed by atoms with Gasteiger partial charge < -0.3 is 19.4 Å². The first-order valence-corrected chi connectivity index (χ1v) is 14.3. The molecule has 1 aromatic heterocycles. The maximum atomic E-state index is 12.9. The summed E-state index contributed by atoms with van der Waals surface area (Å²) in [6, 6.07) is 14.3. The van der Waals surface area contributed by atoms with Gasteiger partial charge in [-0.1, -0.05) is 42.8 Å². The average molecular weight is 547 g/mol. The van der Waals surface area contributed by atoms with Crippen LogP contribution in [0.1, 0.15) is 64.1 Å². The van der Waals surface area contributed by atoms with E-state index in [-0.39, 0.29) is 30.4 Å². The third-order valence-electron chi connectivity index (χ3n) is 7.51. The smallest absolute Gasteiger partial charge is 0.273 e. The van der Waals surface area contributed by atoms with Crippen LogP contribution in [0.2, 0.25) is 0 Å². The third kappa shape index (κ3) is 5.83. The van der Waals surface area contributed by atoms with Crippen LogP contribution in [0.4, 0.5) is 0 Å². The van der Waals surface area contributed by atoms with Crippen LogP contribution in [0.25, 0.3) is 0 Å². The quantitative estimate of drug-likeness (QED) is 0.462. The fourth-order valence-electron chi connectivity index (χ4n) is 5.27. The molecule has 1 saturated heterocycles. The van der Waals surface area contributed by atoms with Gasteiger partial charge in [0.25, 0.3) is 5.91 Å². The van der Waals surface area contributed by atoms with Gasteiger partial charge in [-0.25, -0.2) is 4.98 Å². The molecule has 5 rings (SSSR count). The second-order valence-corrected chi connectivity index (χ2v) is 11.0. The van der Waals surface area contributed by atoms with Gasteiger partial charge in [-0.15, -0.1) is 11.3 Å². The van der Waals surface area contributed by atoms with Crippen molar-refractivity contribution in [3.8, 4) is 5.75 Å². The minimum absolute atomic E-state index is 0.0345. The van der Waals surface area contributed by atoms with E-state index < -0.39 is 0 Å². The molecule has 1 fully saturated rings. The highest BCUT2D eigenvalue weighted by atomic mass is 32.1. The average Bonchev–Trinajstić information content (AvgIpc) is 3.44. The summed E-state index contributed by atoms with van der Waals surface area (Å²) >= 11 is 1.40. The number of benzene rings is 2. The van der Waals surface area contributed by atoms with Gasteiger partial charge in [-0.05, 0) is 42.2 Å². The molecule has 9 heteroatoms. The molecule has 2 aliphatic heterocycles. The highest BCUT2D eigenvalue weighted by Crippen LogP contribution is 2.37. The first-order chi connectivity index (χ1) is 18.8. The number of fused-ring (bicyclic) bond motifs is 1. The lowest BCUT2D eigenvalue weighted by Gasteiger charge is -2.38. The van der Waals surface area contributed by atoms with Gasteiger partial charge in [0, 0.05) is 51.4 Å². The number of rotatable bonds is 6. The second kappa shape index (κ2) is 11.6. The Bertz CT molecular complexity index is 1360. The molecule has 3 amide bonds. The van der Waals surface area contributed by atoms with Crippen molar-refractivity contribution in [1.29, 1.82) is 0 Å². The largest absolute Gasteiger partial charge is 0.486 e. The molecule has 0 N–H and O–H groups in total. The van der Waals surface area contributed by atoms with Gasteiger partial charge in [-0.2, -0.15) is 0 Å². The van der Waals surface area contributed by atoms with Crippen molar-refractivity contribution in [1.82, 2.24) is 19.7 Å². The van der Waals surface area contributed by atoms with Crippen LogP contribution >= 0.6 is 11.3 Å². The summed E-state index contributed by atoms with van der Waals surface area (Å²) < 4.78 is 6.14. The molecule has 0 unspecified atom stereocenters. The van der Waals surface area contributed by atoms with Gasteiger partial charge in [0.2, 0.25) is 11.8 Å². The Morgan fingerprint density at radius 3 is 2.41 bits per heavy atom. The lowest BCUT2D eigenvalue weighted by molar-refractivity contribution is -0.133. The zero-order valence-corrected chi connectivity index (χ0v) is 23.5. The standard InChI is InChI=1S/C30H34N4O4S/c1-4-28(36)34-12-11-22-9-10-24(17-25(22)29(34)23-7-5-20(2)6-8-23)38-18-27-31-26(19-39-27)30(37)33-15-13-32(14-16-33)21(3)35/h5-10,17,19,29H,4,11-16,18H2,1-3H3/t29-/m1/s1. The number of carbonyl (C=O) groups is 3. The number of aromatic nitrogens is 1. The number of ether oxygens (including phenoxy) is 1. The Hall–Kier alpha value is -3.72. The SMILES string of the molecule is CCC(=O)N1CCc2ccc(OCc3nc(C(=O)N4CCN(C(C)=O)CC4)cs3)cc2[C@H]1c1ccc(C)cc1. The maximum Gasteiger partial charge on any atom is 0.273 e. The Kier molecular flexibility index (Phi) is 7.97. The molecule has 204 valence electrons. The topological polar surface area (TPSA) is 83.1 Å². The number of thiazole rings is 1. The van der Waals surface area contributed by atoms with Crippen LogP contribution in [0.15, 0.2) is 47.8 Å². The van der Waals surface area contributed by atoms with Gasteiger partial charge >= 0.3 is 0 Å². The molecule has 8 nitrogen and oxygen atoms in total. The van der Waals surface area contributed by atoms with Crippen LogP contribution in [-0.2, 0) is 22.6 Å². The molecule has 2 aromatic carbocycles. The van der Waals surface area contributed by atoms with E-state index in [0.717, 1.165) is 22.6 Å². The first kappa shape index (κ1) is 26.9. The molecular weight excluding hydrogens is 512 g/mol. The highest BCUT2D eigenvalue weighted by Gasteiger charge is 2.32. The molecule has 3 aromatic rings. The van der Waals surface area contributed by atoms with E-state index in [4.69, 9.17) is 4.74 Å². The fraction of sp³-hybridized carbons (Fsp3) is 0.400. The molecule has 2 aliphatic rings.